The Labute approximate surface area is 154 Å². The van der Waals surface area contributed by atoms with Crippen LogP contribution in [0, 0.1) is 0 Å². The van der Waals surface area contributed by atoms with Crippen LogP contribution in [0.15, 0.2) is 42.5 Å². The molecule has 0 fully saturated rings. The van der Waals surface area contributed by atoms with Gasteiger partial charge in [-0.05, 0) is 56.2 Å². The third kappa shape index (κ3) is 4.57. The predicted molar refractivity (Wildman–Crippen MR) is 105 cm³/mol. The fourth-order valence-electron chi connectivity index (χ4n) is 2.77. The van der Waals surface area contributed by atoms with Crippen LogP contribution in [0.2, 0.25) is 0 Å². The number of carboxylic acid groups (broad SMARTS) is 1. The van der Waals surface area contributed by atoms with Crippen LogP contribution in [0.3, 0.4) is 0 Å². The van der Waals surface area contributed by atoms with Crippen molar-refractivity contribution in [1.82, 2.24) is 0 Å². The number of ether oxygens (including phenoxy) is 2. The van der Waals surface area contributed by atoms with Crippen molar-refractivity contribution < 1.29 is 19.4 Å². The van der Waals surface area contributed by atoms with E-state index in [4.69, 9.17) is 14.6 Å². The summed E-state index contributed by atoms with van der Waals surface area (Å²) in [5.41, 5.74) is 4.20. The fourth-order valence-corrected chi connectivity index (χ4v) is 2.77. The summed E-state index contributed by atoms with van der Waals surface area (Å²) in [7, 11) is 3.17. The zero-order valence-electron chi connectivity index (χ0n) is 15.8. The summed E-state index contributed by atoms with van der Waals surface area (Å²) >= 11 is 0. The van der Waals surface area contributed by atoms with Crippen LogP contribution in [0.25, 0.3) is 16.7 Å². The van der Waals surface area contributed by atoms with E-state index in [0.717, 1.165) is 22.9 Å². The zero-order valence-corrected chi connectivity index (χ0v) is 15.8. The maximum atomic E-state index is 11.0. The van der Waals surface area contributed by atoms with Crippen LogP contribution >= 0.6 is 0 Å². The Bertz CT molecular complexity index is 808. The Kier molecular flexibility index (Phi) is 6.28. The lowest BCUT2D eigenvalue weighted by molar-refractivity contribution is -0.131. The minimum absolute atomic E-state index is 0.360. The molecule has 2 rings (SSSR count). The first-order valence-corrected chi connectivity index (χ1v) is 8.40. The van der Waals surface area contributed by atoms with Gasteiger partial charge in [0.2, 0.25) is 0 Å². The van der Waals surface area contributed by atoms with Crippen LogP contribution < -0.4 is 14.8 Å². The lowest BCUT2D eigenvalue weighted by atomic mass is 9.98. The van der Waals surface area contributed by atoms with E-state index in [2.05, 4.69) is 19.2 Å². The largest absolute Gasteiger partial charge is 0.496 e. The van der Waals surface area contributed by atoms with Gasteiger partial charge < -0.3 is 19.9 Å². The van der Waals surface area contributed by atoms with Gasteiger partial charge in [0.05, 0.1) is 14.2 Å². The van der Waals surface area contributed by atoms with Gasteiger partial charge in [-0.15, -0.1) is 0 Å². The summed E-state index contributed by atoms with van der Waals surface area (Å²) < 4.78 is 11.0. The molecule has 0 amide bonds. The number of anilines is 1. The average Bonchev–Trinajstić information content (AvgIpc) is 2.60. The molecule has 0 heterocycles. The molecule has 0 saturated carbocycles. The highest BCUT2D eigenvalue weighted by Crippen LogP contribution is 2.39. The monoisotopic (exact) mass is 355 g/mol. The van der Waals surface area contributed by atoms with Gasteiger partial charge in [0.25, 0.3) is 0 Å². The molecule has 0 aliphatic heterocycles. The second-order valence-corrected chi connectivity index (χ2v) is 6.29. The van der Waals surface area contributed by atoms with Crippen molar-refractivity contribution in [3.63, 3.8) is 0 Å². The molecule has 2 aromatic rings. The second-order valence-electron chi connectivity index (χ2n) is 6.29. The van der Waals surface area contributed by atoms with Gasteiger partial charge in [-0.3, -0.25) is 0 Å². The highest BCUT2D eigenvalue weighted by Gasteiger charge is 2.14. The highest BCUT2D eigenvalue weighted by molar-refractivity contribution is 5.91. The lowest BCUT2D eigenvalue weighted by Crippen LogP contribution is -2.09. The molecule has 0 atom stereocenters. The van der Waals surface area contributed by atoms with Crippen molar-refractivity contribution >= 4 is 17.2 Å². The van der Waals surface area contributed by atoms with Crippen LogP contribution in [-0.2, 0) is 4.79 Å². The first-order chi connectivity index (χ1) is 12.3. The van der Waals surface area contributed by atoms with Crippen LogP contribution in [-0.4, -0.2) is 31.3 Å². The van der Waals surface area contributed by atoms with Crippen molar-refractivity contribution in [2.24, 2.45) is 0 Å². The number of nitrogens with one attached hydrogen (secondary N) is 1. The van der Waals surface area contributed by atoms with Crippen molar-refractivity contribution in [3.8, 4) is 22.6 Å². The molecule has 5 heteroatoms. The van der Waals surface area contributed by atoms with E-state index in [-0.39, 0.29) is 0 Å². The molecular formula is C21H25NO4. The SMILES string of the molecule is COc1cc(-c2ccc(NC(C)C)cc2)c(OC)cc1C(C)=CC(=O)O. The summed E-state index contributed by atoms with van der Waals surface area (Å²) in [6.45, 7) is 5.92. The van der Waals surface area contributed by atoms with Crippen molar-refractivity contribution in [1.29, 1.82) is 0 Å². The van der Waals surface area contributed by atoms with E-state index in [9.17, 15) is 4.79 Å². The van der Waals surface area contributed by atoms with E-state index in [1.165, 1.54) is 0 Å². The second kappa shape index (κ2) is 8.43. The molecule has 0 unspecified atom stereocenters. The summed E-state index contributed by atoms with van der Waals surface area (Å²) in [4.78, 5) is 11.0. The van der Waals surface area contributed by atoms with Gasteiger partial charge >= 0.3 is 5.97 Å². The Morgan fingerprint density at radius 3 is 2.19 bits per heavy atom. The lowest BCUT2D eigenvalue weighted by Gasteiger charge is -2.16. The molecule has 0 spiro atoms. The number of carboxylic acids is 1. The minimum atomic E-state index is -0.999. The Morgan fingerprint density at radius 2 is 1.69 bits per heavy atom. The third-order valence-electron chi connectivity index (χ3n) is 3.94. The third-order valence-corrected chi connectivity index (χ3v) is 3.94. The number of aliphatic carboxylic acids is 1. The number of hydrogen-bond acceptors (Lipinski definition) is 4. The van der Waals surface area contributed by atoms with Crippen LogP contribution in [0.5, 0.6) is 11.5 Å². The number of rotatable bonds is 7. The van der Waals surface area contributed by atoms with Gasteiger partial charge in [-0.2, -0.15) is 0 Å². The molecular weight excluding hydrogens is 330 g/mol. The quantitative estimate of drug-likeness (QED) is 0.706. The molecule has 2 aromatic carbocycles. The summed E-state index contributed by atoms with van der Waals surface area (Å²) in [6.07, 6.45) is 1.16. The summed E-state index contributed by atoms with van der Waals surface area (Å²) in [5, 5.41) is 12.4. The highest BCUT2D eigenvalue weighted by atomic mass is 16.5. The summed E-state index contributed by atoms with van der Waals surface area (Å²) in [6, 6.07) is 12.1. The van der Waals surface area contributed by atoms with Crippen LogP contribution in [0.1, 0.15) is 26.3 Å². The van der Waals surface area contributed by atoms with Crippen molar-refractivity contribution in [3.05, 3.63) is 48.0 Å². The van der Waals surface area contributed by atoms with Crippen LogP contribution in [0.4, 0.5) is 5.69 Å². The summed E-state index contributed by atoms with van der Waals surface area (Å²) in [5.74, 6) is 0.254. The van der Waals surface area contributed by atoms with Gasteiger partial charge in [-0.1, -0.05) is 12.1 Å². The molecule has 0 radical (unpaired) electrons. The molecule has 0 aromatic heterocycles. The molecule has 5 nitrogen and oxygen atoms in total. The maximum absolute atomic E-state index is 11.0. The van der Waals surface area contributed by atoms with Gasteiger partial charge in [0, 0.05) is 28.9 Å². The number of benzene rings is 2. The number of hydrogen-bond donors (Lipinski definition) is 2. The van der Waals surface area contributed by atoms with Gasteiger partial charge in [0.15, 0.2) is 0 Å². The van der Waals surface area contributed by atoms with E-state index in [1.807, 2.05) is 36.4 Å². The predicted octanol–water partition coefficient (Wildman–Crippen LogP) is 4.68. The molecule has 0 aliphatic rings. The molecule has 0 aliphatic carbocycles. The van der Waals surface area contributed by atoms with E-state index >= 15 is 0 Å². The first-order valence-electron chi connectivity index (χ1n) is 8.40. The van der Waals surface area contributed by atoms with Crippen molar-refractivity contribution in [2.45, 2.75) is 26.8 Å². The molecule has 0 saturated heterocycles. The van der Waals surface area contributed by atoms with E-state index in [1.54, 1.807) is 21.1 Å². The van der Waals surface area contributed by atoms with Gasteiger partial charge in [0.1, 0.15) is 11.5 Å². The molecule has 2 N–H and O–H groups in total. The smallest absolute Gasteiger partial charge is 0.328 e. The minimum Gasteiger partial charge on any atom is -0.496 e. The Hall–Kier alpha value is -2.95. The molecule has 138 valence electrons. The fraction of sp³-hybridized carbons (Fsp3) is 0.286. The van der Waals surface area contributed by atoms with Crippen molar-refractivity contribution in [2.75, 3.05) is 19.5 Å². The number of allylic oxidation sites excluding steroid dienone is 1. The first kappa shape index (κ1) is 19.4. The standard InChI is InChI=1S/C21H25NO4/c1-13(2)22-16-8-6-15(7-9-16)18-12-19(25-4)17(11-20(18)26-5)14(3)10-21(23)24/h6-13,22H,1-5H3,(H,23,24). The number of carbonyl (C=O) groups is 1. The average molecular weight is 355 g/mol. The molecule has 0 bridgehead atoms. The Morgan fingerprint density at radius 1 is 1.08 bits per heavy atom. The Balaban J connectivity index is 2.51. The van der Waals surface area contributed by atoms with E-state index < -0.39 is 5.97 Å². The number of methoxy groups -OCH3 is 2. The molecule has 26 heavy (non-hydrogen) atoms. The zero-order chi connectivity index (χ0) is 19.3. The van der Waals surface area contributed by atoms with Gasteiger partial charge in [-0.25, -0.2) is 4.79 Å². The topological polar surface area (TPSA) is 67.8 Å². The maximum Gasteiger partial charge on any atom is 0.328 e. The normalized spacial score (nSPS) is 11.4. The van der Waals surface area contributed by atoms with E-state index in [0.29, 0.717) is 28.7 Å².